The van der Waals surface area contributed by atoms with E-state index in [1.807, 2.05) is 18.2 Å². The van der Waals surface area contributed by atoms with E-state index in [0.717, 1.165) is 60.8 Å². The molecule has 0 saturated heterocycles. The smallest absolute Gasteiger partial charge is 0.238 e. The predicted molar refractivity (Wildman–Crippen MR) is 308 cm³/mol. The molecule has 0 bridgehead atoms. The number of fused-ring (bicyclic) bond motifs is 12. The minimum absolute atomic E-state index is 0.555. The van der Waals surface area contributed by atoms with Crippen LogP contribution in [0.3, 0.4) is 0 Å². The Hall–Kier alpha value is -9.97. The van der Waals surface area contributed by atoms with Crippen molar-refractivity contribution in [2.75, 3.05) is 0 Å². The molecule has 0 radical (unpaired) electrons. The third-order valence-corrected chi connectivity index (χ3v) is 14.9. The van der Waals surface area contributed by atoms with Gasteiger partial charge in [0.2, 0.25) is 5.95 Å². The summed E-state index contributed by atoms with van der Waals surface area (Å²) in [5.41, 5.74) is 14.1. The van der Waals surface area contributed by atoms with Crippen LogP contribution in [0.2, 0.25) is 0 Å². The molecular weight excluding hydrogens is 899 g/mol. The van der Waals surface area contributed by atoms with Crippen LogP contribution in [0.15, 0.2) is 261 Å². The summed E-state index contributed by atoms with van der Waals surface area (Å²) < 4.78 is 4.63. The molecule has 0 amide bonds. The number of benzene rings is 12. The largest absolute Gasteiger partial charge is 0.309 e. The number of hydrogen-bond donors (Lipinski definition) is 0. The zero-order chi connectivity index (χ0) is 48.7. The number of hydrogen-bond acceptors (Lipinski definition) is 3. The van der Waals surface area contributed by atoms with Gasteiger partial charge in [-0.05, 0) is 120 Å². The Morgan fingerprint density at radius 3 is 1.23 bits per heavy atom. The lowest BCUT2D eigenvalue weighted by atomic mass is 9.92. The highest BCUT2D eigenvalue weighted by Gasteiger charge is 2.22. The number of para-hydroxylation sites is 2. The molecule has 0 saturated carbocycles. The summed E-state index contributed by atoms with van der Waals surface area (Å²) in [4.78, 5) is 15.9. The van der Waals surface area contributed by atoms with Crippen LogP contribution in [-0.2, 0) is 0 Å². The minimum atomic E-state index is 0.555. The minimum Gasteiger partial charge on any atom is -0.309 e. The molecule has 5 nitrogen and oxygen atoms in total. The predicted octanol–water partition coefficient (Wildman–Crippen LogP) is 17.9. The first-order valence-corrected chi connectivity index (χ1v) is 25.2. The van der Waals surface area contributed by atoms with Crippen LogP contribution in [0.4, 0.5) is 0 Å². The molecule has 0 spiro atoms. The molecule has 15 rings (SSSR count). The lowest BCUT2D eigenvalue weighted by Crippen LogP contribution is -2.06. The Balaban J connectivity index is 0.894. The number of nitrogens with zero attached hydrogens (tertiary/aromatic N) is 5. The van der Waals surface area contributed by atoms with Crippen molar-refractivity contribution in [3.05, 3.63) is 261 Å². The van der Waals surface area contributed by atoms with E-state index < -0.39 is 0 Å². The van der Waals surface area contributed by atoms with Crippen molar-refractivity contribution in [2.24, 2.45) is 0 Å². The molecule has 0 unspecified atom stereocenters. The molecule has 12 aromatic carbocycles. The van der Waals surface area contributed by atoms with Crippen LogP contribution in [-0.4, -0.2) is 24.1 Å². The van der Waals surface area contributed by atoms with Gasteiger partial charge < -0.3 is 4.57 Å². The van der Waals surface area contributed by atoms with E-state index >= 15 is 0 Å². The number of rotatable bonds is 7. The van der Waals surface area contributed by atoms with E-state index in [9.17, 15) is 0 Å². The molecule has 0 aliphatic carbocycles. The maximum Gasteiger partial charge on any atom is 0.238 e. The van der Waals surface area contributed by atoms with E-state index in [4.69, 9.17) is 15.0 Å². The second-order valence-electron chi connectivity index (χ2n) is 19.2. The summed E-state index contributed by atoms with van der Waals surface area (Å²) in [7, 11) is 0. The van der Waals surface area contributed by atoms with Gasteiger partial charge in [-0.3, -0.25) is 4.57 Å². The summed E-state index contributed by atoms with van der Waals surface area (Å²) >= 11 is 0. The molecule has 5 heteroatoms. The highest BCUT2D eigenvalue weighted by Crippen LogP contribution is 2.42. The van der Waals surface area contributed by atoms with Crippen LogP contribution in [0.25, 0.3) is 144 Å². The lowest BCUT2D eigenvalue weighted by molar-refractivity contribution is 0.953. The molecule has 0 aliphatic rings. The summed E-state index contributed by atoms with van der Waals surface area (Å²) in [5, 5.41) is 12.3. The van der Waals surface area contributed by atoms with E-state index in [2.05, 4.69) is 252 Å². The first-order chi connectivity index (χ1) is 36.7. The van der Waals surface area contributed by atoms with Crippen LogP contribution >= 0.6 is 0 Å². The summed E-state index contributed by atoms with van der Waals surface area (Å²) in [6, 6.07) is 93.6. The van der Waals surface area contributed by atoms with E-state index in [1.165, 1.54) is 65.3 Å². The van der Waals surface area contributed by atoms with Gasteiger partial charge in [0.25, 0.3) is 0 Å². The average Bonchev–Trinajstić information content (AvgIpc) is 4.02. The Bertz CT molecular complexity index is 4670. The van der Waals surface area contributed by atoms with Crippen molar-refractivity contribution in [3.8, 4) is 67.8 Å². The third kappa shape index (κ3) is 6.75. The van der Waals surface area contributed by atoms with Crippen molar-refractivity contribution in [2.45, 2.75) is 0 Å². The molecule has 344 valence electrons. The first kappa shape index (κ1) is 41.8. The molecule has 74 heavy (non-hydrogen) atoms. The molecule has 0 atom stereocenters. The Kier molecular flexibility index (Phi) is 9.50. The number of aromatic nitrogens is 5. The van der Waals surface area contributed by atoms with Gasteiger partial charge in [-0.1, -0.05) is 206 Å². The second kappa shape index (κ2) is 16.8. The third-order valence-electron chi connectivity index (χ3n) is 14.9. The summed E-state index contributed by atoms with van der Waals surface area (Å²) in [5.74, 6) is 1.76. The van der Waals surface area contributed by atoms with Gasteiger partial charge in [0.1, 0.15) is 0 Å². The van der Waals surface area contributed by atoms with Crippen LogP contribution in [0.5, 0.6) is 0 Å². The Morgan fingerprint density at radius 2 is 0.608 bits per heavy atom. The monoisotopic (exact) mass is 941 g/mol. The summed E-state index contributed by atoms with van der Waals surface area (Å²) in [6.45, 7) is 0. The standard InChI is InChI=1S/C69H43N5/c1-3-17-44(18-4-1)47-21-15-22-48(39-47)49-23-16-24-51(40-49)68-70-67(46-19-5-2-6-20-46)71-69(72-68)74-64-32-14-12-30-59(64)62-42-61-58-29-11-13-31-63(58)73(65(61)43-66(62)74)52-36-33-45(34-37-52)50-35-38-57-55-27-8-7-25-53(55)54-26-9-10-28-56(54)60(57)41-50/h1-43H. The van der Waals surface area contributed by atoms with Crippen molar-refractivity contribution in [3.63, 3.8) is 0 Å². The zero-order valence-electron chi connectivity index (χ0n) is 40.1. The van der Waals surface area contributed by atoms with Gasteiger partial charge in [-0.2, -0.15) is 9.97 Å². The van der Waals surface area contributed by atoms with Gasteiger partial charge in [0.15, 0.2) is 11.6 Å². The van der Waals surface area contributed by atoms with Gasteiger partial charge in [0, 0.05) is 38.4 Å². The molecule has 0 aliphatic heterocycles. The highest BCUT2D eigenvalue weighted by molar-refractivity contribution is 6.26. The van der Waals surface area contributed by atoms with Crippen molar-refractivity contribution in [1.29, 1.82) is 0 Å². The molecular formula is C69H43N5. The Morgan fingerprint density at radius 1 is 0.203 bits per heavy atom. The molecule has 0 fully saturated rings. The van der Waals surface area contributed by atoms with E-state index in [1.54, 1.807) is 0 Å². The zero-order valence-corrected chi connectivity index (χ0v) is 40.1. The molecule has 3 heterocycles. The van der Waals surface area contributed by atoms with Crippen molar-refractivity contribution < 1.29 is 0 Å². The maximum absolute atomic E-state index is 5.40. The maximum atomic E-state index is 5.40. The fraction of sp³-hybridized carbons (Fsp3) is 0. The highest BCUT2D eigenvalue weighted by atomic mass is 15.2. The quantitative estimate of drug-likeness (QED) is 0.150. The lowest BCUT2D eigenvalue weighted by Gasteiger charge is -2.13. The van der Waals surface area contributed by atoms with Crippen molar-refractivity contribution in [1.82, 2.24) is 24.1 Å². The van der Waals surface area contributed by atoms with Gasteiger partial charge >= 0.3 is 0 Å². The van der Waals surface area contributed by atoms with Crippen LogP contribution in [0, 0.1) is 0 Å². The fourth-order valence-electron chi connectivity index (χ4n) is 11.5. The van der Waals surface area contributed by atoms with Gasteiger partial charge in [-0.25, -0.2) is 4.98 Å². The van der Waals surface area contributed by atoms with E-state index in [-0.39, 0.29) is 0 Å². The normalized spacial score (nSPS) is 11.8. The van der Waals surface area contributed by atoms with Crippen LogP contribution in [0.1, 0.15) is 0 Å². The molecule has 15 aromatic rings. The molecule has 3 aromatic heterocycles. The Labute approximate surface area is 426 Å². The fourth-order valence-corrected chi connectivity index (χ4v) is 11.5. The summed E-state index contributed by atoms with van der Waals surface area (Å²) in [6.07, 6.45) is 0. The second-order valence-corrected chi connectivity index (χ2v) is 19.2. The average molecular weight is 942 g/mol. The topological polar surface area (TPSA) is 48.5 Å². The first-order valence-electron chi connectivity index (χ1n) is 25.2. The van der Waals surface area contributed by atoms with Crippen LogP contribution < -0.4 is 0 Å². The molecule has 0 N–H and O–H groups in total. The van der Waals surface area contributed by atoms with Gasteiger partial charge in [0.05, 0.1) is 22.1 Å². The van der Waals surface area contributed by atoms with E-state index in [0.29, 0.717) is 17.6 Å². The van der Waals surface area contributed by atoms with Gasteiger partial charge in [-0.15, -0.1) is 0 Å². The van der Waals surface area contributed by atoms with Crippen molar-refractivity contribution >= 4 is 75.9 Å². The SMILES string of the molecule is c1ccc(-c2cccc(-c3cccc(-c4nc(-c5ccccc5)nc(-n5c6ccccc6c6cc7c8ccccc8n(-c8ccc(-c9ccc%10c%11ccccc%11c%11ccccc%11c%10c9)cc8)c7cc65)n4)c3)c2)cc1.